The molecule has 4 nitrogen and oxygen atoms in total. The molecule has 1 aromatic heterocycles. The Hall–Kier alpha value is -2.79. The number of para-hydroxylation sites is 2. The second-order valence-corrected chi connectivity index (χ2v) is 7.21. The molecule has 26 heavy (non-hydrogen) atoms. The van der Waals surface area contributed by atoms with Gasteiger partial charge in [0.25, 0.3) is 5.91 Å². The van der Waals surface area contributed by atoms with Gasteiger partial charge < -0.3 is 14.8 Å². The average molecular weight is 365 g/mol. The summed E-state index contributed by atoms with van der Waals surface area (Å²) in [5.74, 6) is 1.09. The largest absolute Gasteiger partial charge is 0.485 e. The highest BCUT2D eigenvalue weighted by molar-refractivity contribution is 7.10. The zero-order valence-electron chi connectivity index (χ0n) is 14.3. The van der Waals surface area contributed by atoms with Crippen molar-refractivity contribution >= 4 is 17.2 Å². The summed E-state index contributed by atoms with van der Waals surface area (Å²) in [7, 11) is 0. The van der Waals surface area contributed by atoms with Crippen molar-refractivity contribution in [2.45, 2.75) is 19.1 Å². The van der Waals surface area contributed by atoms with Gasteiger partial charge in [-0.1, -0.05) is 48.0 Å². The number of hydrogen-bond acceptors (Lipinski definition) is 4. The third-order valence-corrected chi connectivity index (χ3v) is 5.26. The van der Waals surface area contributed by atoms with E-state index in [2.05, 4.69) is 17.4 Å². The summed E-state index contributed by atoms with van der Waals surface area (Å²) in [6, 6.07) is 19.4. The standard InChI is InChI=1S/C21H19NO3S/c1-14-8-10-15(11-9-14)20(19-7-4-12-26-19)22-21(23)18-13-24-16-5-2-3-6-17(16)25-18/h2-12,18,20H,13H2,1H3,(H,22,23)/t18-,20-/m1/s1. The fourth-order valence-electron chi connectivity index (χ4n) is 2.92. The van der Waals surface area contributed by atoms with E-state index in [0.29, 0.717) is 11.5 Å². The van der Waals surface area contributed by atoms with Gasteiger partial charge in [0.15, 0.2) is 11.5 Å². The molecular weight excluding hydrogens is 346 g/mol. The number of hydrogen-bond donors (Lipinski definition) is 1. The number of carbonyl (C=O) groups is 1. The lowest BCUT2D eigenvalue weighted by Gasteiger charge is -2.27. The van der Waals surface area contributed by atoms with E-state index in [1.807, 2.05) is 60.8 Å². The highest BCUT2D eigenvalue weighted by atomic mass is 32.1. The highest BCUT2D eigenvalue weighted by Crippen LogP contribution is 2.32. The fourth-order valence-corrected chi connectivity index (χ4v) is 3.72. The van der Waals surface area contributed by atoms with Crippen LogP contribution in [0.5, 0.6) is 11.5 Å². The van der Waals surface area contributed by atoms with E-state index in [1.165, 1.54) is 5.56 Å². The number of rotatable bonds is 4. The zero-order valence-corrected chi connectivity index (χ0v) is 15.2. The number of amides is 1. The Balaban J connectivity index is 1.54. The van der Waals surface area contributed by atoms with E-state index < -0.39 is 6.10 Å². The lowest BCUT2D eigenvalue weighted by molar-refractivity contribution is -0.130. The molecule has 3 aromatic rings. The molecule has 0 radical (unpaired) electrons. The Morgan fingerprint density at radius 3 is 2.58 bits per heavy atom. The van der Waals surface area contributed by atoms with Gasteiger partial charge in [-0.05, 0) is 36.1 Å². The van der Waals surface area contributed by atoms with Crippen LogP contribution in [0.25, 0.3) is 0 Å². The third-order valence-electron chi connectivity index (χ3n) is 4.33. The Labute approximate surface area is 156 Å². The van der Waals surface area contributed by atoms with Gasteiger partial charge in [0.05, 0.1) is 6.04 Å². The maximum atomic E-state index is 12.8. The molecule has 1 amide bonds. The van der Waals surface area contributed by atoms with Crippen molar-refractivity contribution in [3.05, 3.63) is 82.0 Å². The van der Waals surface area contributed by atoms with Crippen LogP contribution in [0.2, 0.25) is 0 Å². The number of carbonyl (C=O) groups excluding carboxylic acids is 1. The first-order valence-corrected chi connectivity index (χ1v) is 9.37. The number of fused-ring (bicyclic) bond motifs is 1. The van der Waals surface area contributed by atoms with Gasteiger partial charge in [-0.25, -0.2) is 0 Å². The Morgan fingerprint density at radius 2 is 1.85 bits per heavy atom. The Bertz CT molecular complexity index is 890. The number of nitrogens with one attached hydrogen (secondary N) is 1. The summed E-state index contributed by atoms with van der Waals surface area (Å²) in [6.45, 7) is 2.25. The zero-order chi connectivity index (χ0) is 17.9. The molecule has 1 aliphatic heterocycles. The molecule has 0 spiro atoms. The first-order chi connectivity index (χ1) is 12.7. The van der Waals surface area contributed by atoms with Crippen molar-refractivity contribution in [3.63, 3.8) is 0 Å². The minimum Gasteiger partial charge on any atom is -0.485 e. The second kappa shape index (κ2) is 7.22. The van der Waals surface area contributed by atoms with Crippen LogP contribution in [0.3, 0.4) is 0 Å². The molecule has 0 saturated carbocycles. The molecule has 0 fully saturated rings. The quantitative estimate of drug-likeness (QED) is 0.757. The predicted molar refractivity (Wildman–Crippen MR) is 102 cm³/mol. The van der Waals surface area contributed by atoms with Crippen molar-refractivity contribution < 1.29 is 14.3 Å². The van der Waals surface area contributed by atoms with Crippen molar-refractivity contribution in [3.8, 4) is 11.5 Å². The van der Waals surface area contributed by atoms with E-state index in [4.69, 9.17) is 9.47 Å². The molecule has 5 heteroatoms. The van der Waals surface area contributed by atoms with E-state index in [-0.39, 0.29) is 18.6 Å². The number of aryl methyl sites for hydroxylation is 1. The SMILES string of the molecule is Cc1ccc([C@@H](NC(=O)[C@H]2COc3ccccc3O2)c2cccs2)cc1. The summed E-state index contributed by atoms with van der Waals surface area (Å²) in [4.78, 5) is 13.9. The maximum absolute atomic E-state index is 12.8. The van der Waals surface area contributed by atoms with Crippen LogP contribution in [0.1, 0.15) is 22.0 Å². The van der Waals surface area contributed by atoms with Gasteiger partial charge >= 0.3 is 0 Å². The van der Waals surface area contributed by atoms with E-state index >= 15 is 0 Å². The van der Waals surface area contributed by atoms with Crippen molar-refractivity contribution in [1.29, 1.82) is 0 Å². The minimum atomic E-state index is -0.669. The average Bonchev–Trinajstić information content (AvgIpc) is 3.21. The Morgan fingerprint density at radius 1 is 1.08 bits per heavy atom. The molecular formula is C21H19NO3S. The van der Waals surface area contributed by atoms with Crippen molar-refractivity contribution in [2.75, 3.05) is 6.61 Å². The maximum Gasteiger partial charge on any atom is 0.265 e. The molecule has 2 heterocycles. The molecule has 0 aliphatic carbocycles. The van der Waals surface area contributed by atoms with Gasteiger partial charge in [-0.2, -0.15) is 0 Å². The van der Waals surface area contributed by atoms with Gasteiger partial charge in [-0.3, -0.25) is 4.79 Å². The van der Waals surface area contributed by atoms with Gasteiger partial charge in [-0.15, -0.1) is 11.3 Å². The summed E-state index contributed by atoms with van der Waals surface area (Å²) in [5, 5.41) is 5.14. The molecule has 0 unspecified atom stereocenters. The normalized spacial score (nSPS) is 16.7. The molecule has 0 bridgehead atoms. The van der Waals surface area contributed by atoms with Crippen LogP contribution in [0.4, 0.5) is 0 Å². The summed E-state index contributed by atoms with van der Waals surface area (Å²) in [6.07, 6.45) is -0.669. The number of benzene rings is 2. The topological polar surface area (TPSA) is 47.6 Å². The molecule has 1 N–H and O–H groups in total. The predicted octanol–water partition coefficient (Wildman–Crippen LogP) is 4.10. The molecule has 132 valence electrons. The molecule has 2 atom stereocenters. The van der Waals surface area contributed by atoms with Crippen molar-refractivity contribution in [1.82, 2.24) is 5.32 Å². The van der Waals surface area contributed by atoms with Gasteiger partial charge in [0.2, 0.25) is 6.10 Å². The molecule has 4 rings (SSSR count). The lowest BCUT2D eigenvalue weighted by Crippen LogP contribution is -2.45. The third kappa shape index (κ3) is 3.44. The van der Waals surface area contributed by atoms with Crippen LogP contribution < -0.4 is 14.8 Å². The molecule has 0 saturated heterocycles. The number of ether oxygens (including phenoxy) is 2. The van der Waals surface area contributed by atoms with E-state index in [0.717, 1.165) is 10.4 Å². The minimum absolute atomic E-state index is 0.182. The smallest absolute Gasteiger partial charge is 0.265 e. The second-order valence-electron chi connectivity index (χ2n) is 6.23. The van der Waals surface area contributed by atoms with Crippen LogP contribution in [-0.4, -0.2) is 18.6 Å². The Kier molecular flexibility index (Phi) is 4.63. The first kappa shape index (κ1) is 16.7. The monoisotopic (exact) mass is 365 g/mol. The molecule has 1 aliphatic rings. The summed E-state index contributed by atoms with van der Waals surface area (Å²) >= 11 is 1.62. The summed E-state index contributed by atoms with van der Waals surface area (Å²) < 4.78 is 11.5. The van der Waals surface area contributed by atoms with Crippen LogP contribution in [0.15, 0.2) is 66.0 Å². The lowest BCUT2D eigenvalue weighted by atomic mass is 10.0. The first-order valence-electron chi connectivity index (χ1n) is 8.49. The van der Waals surface area contributed by atoms with Crippen LogP contribution in [-0.2, 0) is 4.79 Å². The molecule has 2 aromatic carbocycles. The fraction of sp³-hybridized carbons (Fsp3) is 0.190. The van der Waals surface area contributed by atoms with Gasteiger partial charge in [0, 0.05) is 4.88 Å². The van der Waals surface area contributed by atoms with E-state index in [9.17, 15) is 4.79 Å². The van der Waals surface area contributed by atoms with Gasteiger partial charge in [0.1, 0.15) is 6.61 Å². The van der Waals surface area contributed by atoms with Crippen LogP contribution >= 0.6 is 11.3 Å². The van der Waals surface area contributed by atoms with E-state index in [1.54, 1.807) is 11.3 Å². The summed E-state index contributed by atoms with van der Waals surface area (Å²) in [5.41, 5.74) is 2.23. The van der Waals surface area contributed by atoms with Crippen LogP contribution in [0, 0.1) is 6.92 Å². The highest BCUT2D eigenvalue weighted by Gasteiger charge is 2.29. The van der Waals surface area contributed by atoms with Crippen molar-refractivity contribution in [2.24, 2.45) is 0 Å². The number of thiophene rings is 1.